The van der Waals surface area contributed by atoms with Crippen LogP contribution in [0, 0.1) is 0 Å². The monoisotopic (exact) mass is 187 g/mol. The van der Waals surface area contributed by atoms with Gasteiger partial charge in [-0.3, -0.25) is 0 Å². The molecule has 0 bridgehead atoms. The molecule has 2 aromatic heterocycles. The van der Waals surface area contributed by atoms with E-state index in [9.17, 15) is 13.2 Å². The summed E-state index contributed by atoms with van der Waals surface area (Å²) in [4.78, 5) is 9.42. The highest BCUT2D eigenvalue weighted by Gasteiger charge is 2.32. The van der Waals surface area contributed by atoms with E-state index in [0.29, 0.717) is 5.39 Å². The number of nitrogens with zero attached hydrogens (tertiary/aromatic N) is 2. The van der Waals surface area contributed by atoms with Gasteiger partial charge in [0.1, 0.15) is 17.7 Å². The molecule has 0 radical (unpaired) electrons. The predicted molar refractivity (Wildman–Crippen MR) is 38.9 cm³/mol. The Morgan fingerprint density at radius 1 is 1.31 bits per heavy atom. The number of nitrogens with one attached hydrogen (secondary N) is 1. The van der Waals surface area contributed by atoms with Crippen molar-refractivity contribution in [2.45, 2.75) is 6.18 Å². The van der Waals surface area contributed by atoms with Gasteiger partial charge in [-0.1, -0.05) is 0 Å². The van der Waals surface area contributed by atoms with E-state index < -0.39 is 11.9 Å². The molecule has 0 amide bonds. The summed E-state index contributed by atoms with van der Waals surface area (Å²) in [5.41, 5.74) is -0.606. The summed E-state index contributed by atoms with van der Waals surface area (Å²) in [6.07, 6.45) is -1.84. The Kier molecular flexibility index (Phi) is 1.51. The number of aromatic nitrogens is 3. The second kappa shape index (κ2) is 2.45. The van der Waals surface area contributed by atoms with Crippen molar-refractivity contribution in [3.63, 3.8) is 0 Å². The third kappa shape index (κ3) is 1.34. The van der Waals surface area contributed by atoms with Crippen LogP contribution in [0.1, 0.15) is 5.69 Å². The van der Waals surface area contributed by atoms with Crippen LogP contribution in [0.5, 0.6) is 0 Å². The summed E-state index contributed by atoms with van der Waals surface area (Å²) >= 11 is 0. The number of alkyl halides is 3. The van der Waals surface area contributed by atoms with Crippen LogP contribution in [-0.4, -0.2) is 15.0 Å². The maximum Gasteiger partial charge on any atom is 0.431 e. The molecular formula is C7H4F3N3. The van der Waals surface area contributed by atoms with Gasteiger partial charge >= 0.3 is 6.18 Å². The van der Waals surface area contributed by atoms with E-state index in [4.69, 9.17) is 0 Å². The predicted octanol–water partition coefficient (Wildman–Crippen LogP) is 1.98. The minimum Gasteiger partial charge on any atom is -0.336 e. The maximum atomic E-state index is 12.1. The lowest BCUT2D eigenvalue weighted by atomic mass is 10.3. The summed E-state index contributed by atoms with van der Waals surface area (Å²) in [7, 11) is 0. The standard InChI is InChI=1S/C7H4F3N3/c8-7(9,10)5-1-4-2-11-3-12-6(4)13-5/h1-3H,(H,11,12,13). The van der Waals surface area contributed by atoms with Crippen LogP contribution in [0.25, 0.3) is 11.0 Å². The maximum absolute atomic E-state index is 12.1. The van der Waals surface area contributed by atoms with E-state index in [-0.39, 0.29) is 5.65 Å². The molecule has 2 rings (SSSR count). The second-order valence-corrected chi connectivity index (χ2v) is 2.51. The number of rotatable bonds is 0. The first-order valence-corrected chi connectivity index (χ1v) is 3.43. The van der Waals surface area contributed by atoms with Gasteiger partial charge in [-0.05, 0) is 6.07 Å². The van der Waals surface area contributed by atoms with Gasteiger partial charge in [0.25, 0.3) is 0 Å². The van der Waals surface area contributed by atoms with Gasteiger partial charge in [-0.2, -0.15) is 13.2 Å². The Hall–Kier alpha value is -1.59. The fraction of sp³-hybridized carbons (Fsp3) is 0.143. The molecule has 2 aromatic rings. The van der Waals surface area contributed by atoms with Gasteiger partial charge in [-0.25, -0.2) is 9.97 Å². The molecule has 1 N–H and O–H groups in total. The highest BCUT2D eigenvalue weighted by atomic mass is 19.4. The first-order valence-electron chi connectivity index (χ1n) is 3.43. The average molecular weight is 187 g/mol. The van der Waals surface area contributed by atoms with Crippen molar-refractivity contribution in [2.24, 2.45) is 0 Å². The van der Waals surface area contributed by atoms with E-state index in [2.05, 4.69) is 15.0 Å². The molecule has 6 heteroatoms. The van der Waals surface area contributed by atoms with E-state index in [1.807, 2.05) is 0 Å². The minimum absolute atomic E-state index is 0.197. The van der Waals surface area contributed by atoms with Crippen molar-refractivity contribution in [3.8, 4) is 0 Å². The van der Waals surface area contributed by atoms with Crippen molar-refractivity contribution >= 4 is 11.0 Å². The number of aromatic amines is 1. The Balaban J connectivity index is 2.63. The van der Waals surface area contributed by atoms with Crippen molar-refractivity contribution in [3.05, 3.63) is 24.3 Å². The van der Waals surface area contributed by atoms with Crippen molar-refractivity contribution in [1.82, 2.24) is 15.0 Å². The lowest BCUT2D eigenvalue weighted by Crippen LogP contribution is -2.04. The van der Waals surface area contributed by atoms with Gasteiger partial charge < -0.3 is 4.98 Å². The van der Waals surface area contributed by atoms with Gasteiger partial charge in [0.2, 0.25) is 0 Å². The largest absolute Gasteiger partial charge is 0.431 e. The van der Waals surface area contributed by atoms with E-state index >= 15 is 0 Å². The molecule has 0 spiro atoms. The lowest BCUT2D eigenvalue weighted by Gasteiger charge is -2.00. The summed E-state index contributed by atoms with van der Waals surface area (Å²) in [5.74, 6) is 0. The van der Waals surface area contributed by atoms with Crippen LogP contribution in [-0.2, 0) is 6.18 Å². The minimum atomic E-state index is -4.36. The number of halogens is 3. The van der Waals surface area contributed by atoms with Crippen molar-refractivity contribution in [1.29, 1.82) is 0 Å². The fourth-order valence-electron chi connectivity index (χ4n) is 1.02. The Bertz CT molecular complexity index is 399. The molecule has 0 aliphatic carbocycles. The van der Waals surface area contributed by atoms with Gasteiger partial charge in [0.05, 0.1) is 0 Å². The summed E-state index contributed by atoms with van der Waals surface area (Å²) in [6.45, 7) is 0. The number of hydrogen-bond acceptors (Lipinski definition) is 2. The zero-order valence-corrected chi connectivity index (χ0v) is 6.26. The van der Waals surface area contributed by atoms with E-state index in [0.717, 1.165) is 6.07 Å². The van der Waals surface area contributed by atoms with Crippen LogP contribution >= 0.6 is 0 Å². The highest BCUT2D eigenvalue weighted by Crippen LogP contribution is 2.29. The molecular weight excluding hydrogens is 183 g/mol. The average Bonchev–Trinajstić information content (AvgIpc) is 2.45. The van der Waals surface area contributed by atoms with Crippen LogP contribution in [0.2, 0.25) is 0 Å². The third-order valence-electron chi connectivity index (χ3n) is 1.60. The van der Waals surface area contributed by atoms with Crippen molar-refractivity contribution < 1.29 is 13.2 Å². The third-order valence-corrected chi connectivity index (χ3v) is 1.60. The SMILES string of the molecule is FC(F)(F)c1cc2cncnc2[nH]1. The molecule has 0 aliphatic rings. The first kappa shape index (κ1) is 8.03. The number of hydrogen-bond donors (Lipinski definition) is 1. The summed E-state index contributed by atoms with van der Waals surface area (Å²) in [6, 6.07) is 0.981. The smallest absolute Gasteiger partial charge is 0.336 e. The zero-order valence-electron chi connectivity index (χ0n) is 6.26. The Morgan fingerprint density at radius 3 is 2.69 bits per heavy atom. The molecule has 3 nitrogen and oxygen atoms in total. The van der Waals surface area contributed by atoms with Gasteiger partial charge in [-0.15, -0.1) is 0 Å². The fourth-order valence-corrected chi connectivity index (χ4v) is 1.02. The second-order valence-electron chi connectivity index (χ2n) is 2.51. The number of H-pyrrole nitrogens is 1. The van der Waals surface area contributed by atoms with Crippen LogP contribution in [0.15, 0.2) is 18.6 Å². The van der Waals surface area contributed by atoms with E-state index in [1.165, 1.54) is 12.5 Å². The molecule has 0 unspecified atom stereocenters. The first-order chi connectivity index (χ1) is 6.07. The molecule has 2 heterocycles. The van der Waals surface area contributed by atoms with Crippen LogP contribution in [0.4, 0.5) is 13.2 Å². The lowest BCUT2D eigenvalue weighted by molar-refractivity contribution is -0.140. The van der Waals surface area contributed by atoms with Crippen LogP contribution < -0.4 is 0 Å². The topological polar surface area (TPSA) is 41.6 Å². The molecule has 13 heavy (non-hydrogen) atoms. The van der Waals surface area contributed by atoms with Gasteiger partial charge in [0.15, 0.2) is 0 Å². The highest BCUT2D eigenvalue weighted by molar-refractivity contribution is 5.75. The molecule has 0 fully saturated rings. The molecule has 0 saturated heterocycles. The van der Waals surface area contributed by atoms with Crippen LogP contribution in [0.3, 0.4) is 0 Å². The van der Waals surface area contributed by atoms with Crippen molar-refractivity contribution in [2.75, 3.05) is 0 Å². The quantitative estimate of drug-likeness (QED) is 0.685. The molecule has 0 aromatic carbocycles. The Morgan fingerprint density at radius 2 is 2.08 bits per heavy atom. The molecule has 68 valence electrons. The summed E-state index contributed by atoms with van der Waals surface area (Å²) < 4.78 is 36.4. The number of fused-ring (bicyclic) bond motifs is 1. The molecule has 0 atom stereocenters. The zero-order chi connectivity index (χ0) is 9.47. The van der Waals surface area contributed by atoms with Gasteiger partial charge in [0, 0.05) is 11.6 Å². The van der Waals surface area contributed by atoms with E-state index in [1.54, 1.807) is 0 Å². The normalized spacial score (nSPS) is 12.2. The Labute approximate surface area is 70.6 Å². The molecule has 0 saturated carbocycles. The molecule has 0 aliphatic heterocycles. The summed E-state index contributed by atoms with van der Waals surface area (Å²) in [5, 5.41) is 0.356.